The van der Waals surface area contributed by atoms with Gasteiger partial charge in [-0.1, -0.05) is 83.9 Å². The zero-order valence-corrected chi connectivity index (χ0v) is 34.4. The quantitative estimate of drug-likeness (QED) is 0.0759. The van der Waals surface area contributed by atoms with E-state index in [0.717, 1.165) is 33.8 Å². The molecule has 0 bridgehead atoms. The average Bonchev–Trinajstić information content (AvgIpc) is 3.66. The number of benzene rings is 4. The van der Waals surface area contributed by atoms with Crippen LogP contribution in [0.3, 0.4) is 0 Å². The highest BCUT2D eigenvalue weighted by molar-refractivity contribution is 6.30. The first-order valence-corrected chi connectivity index (χ1v) is 19.2. The number of halogens is 2. The van der Waals surface area contributed by atoms with Gasteiger partial charge in [0.05, 0.1) is 35.0 Å². The van der Waals surface area contributed by atoms with Crippen molar-refractivity contribution in [1.29, 1.82) is 0 Å². The molecule has 304 valence electrons. The van der Waals surface area contributed by atoms with Gasteiger partial charge in [-0.25, -0.2) is 15.0 Å². The Morgan fingerprint density at radius 2 is 1.22 bits per heavy atom. The predicted molar refractivity (Wildman–Crippen MR) is 229 cm³/mol. The first-order valence-electron chi connectivity index (χ1n) is 18.4. The Balaban J connectivity index is 0.000000198. The molecule has 0 fully saturated rings. The van der Waals surface area contributed by atoms with Gasteiger partial charge < -0.3 is 34.9 Å². The van der Waals surface area contributed by atoms with E-state index < -0.39 is 0 Å². The second kappa shape index (κ2) is 20.7. The maximum Gasteiger partial charge on any atom is 0.227 e. The molecular weight excluding hydrogens is 793 g/mol. The largest absolute Gasteiger partial charge is 0.497 e. The van der Waals surface area contributed by atoms with Crippen molar-refractivity contribution in [2.45, 2.75) is 25.9 Å². The number of anilines is 3. The van der Waals surface area contributed by atoms with Crippen LogP contribution in [0.15, 0.2) is 109 Å². The molecule has 0 amide bonds. The highest BCUT2D eigenvalue weighted by Gasteiger charge is 2.13. The van der Waals surface area contributed by atoms with Crippen LogP contribution in [0.5, 0.6) is 23.0 Å². The first kappa shape index (κ1) is 42.0. The molecular formula is C43H43Cl2N9O5. The maximum absolute atomic E-state index is 12.2. The average molecular weight is 837 g/mol. The van der Waals surface area contributed by atoms with Gasteiger partial charge in [-0.15, -0.1) is 5.10 Å². The minimum absolute atomic E-state index is 0.0495. The lowest BCUT2D eigenvalue weighted by molar-refractivity contribution is -0.116. The number of methoxy groups -OCH3 is 4. The molecule has 3 N–H and O–H groups in total. The topological polar surface area (TPSA) is 159 Å². The van der Waals surface area contributed by atoms with E-state index in [1.165, 1.54) is 0 Å². The highest BCUT2D eigenvalue weighted by Crippen LogP contribution is 2.27. The molecule has 0 spiro atoms. The Bertz CT molecular complexity index is 2470. The fraction of sp³-hybridized carbons (Fsp3) is 0.209. The number of aromatic nitrogens is 6. The van der Waals surface area contributed by atoms with Crippen LogP contribution in [-0.2, 0) is 30.7 Å². The summed E-state index contributed by atoms with van der Waals surface area (Å²) in [5.74, 6) is 4.93. The van der Waals surface area contributed by atoms with Crippen molar-refractivity contribution in [3.05, 3.63) is 148 Å². The maximum atomic E-state index is 12.2. The number of nitrogens with zero attached hydrogens (tertiary/aromatic N) is 6. The lowest BCUT2D eigenvalue weighted by Gasteiger charge is -2.12. The summed E-state index contributed by atoms with van der Waals surface area (Å²) in [6.45, 7) is 1.05. The van der Waals surface area contributed by atoms with Gasteiger partial charge in [0.25, 0.3) is 0 Å². The lowest BCUT2D eigenvalue weighted by Crippen LogP contribution is -2.17. The summed E-state index contributed by atoms with van der Waals surface area (Å²) in [7, 11) is 6.45. The Morgan fingerprint density at radius 1 is 0.627 bits per heavy atom. The molecule has 0 saturated heterocycles. The lowest BCUT2D eigenvalue weighted by atomic mass is 10.1. The second-order valence-electron chi connectivity index (χ2n) is 12.9. The molecule has 59 heavy (non-hydrogen) atoms. The third-order valence-electron chi connectivity index (χ3n) is 8.81. The van der Waals surface area contributed by atoms with Crippen LogP contribution in [0.2, 0.25) is 10.3 Å². The van der Waals surface area contributed by atoms with Gasteiger partial charge in [0, 0.05) is 61.3 Å². The van der Waals surface area contributed by atoms with E-state index in [-0.39, 0.29) is 17.5 Å². The monoisotopic (exact) mass is 835 g/mol. The zero-order chi connectivity index (χ0) is 41.6. The van der Waals surface area contributed by atoms with Crippen molar-refractivity contribution < 1.29 is 23.7 Å². The van der Waals surface area contributed by atoms with E-state index in [1.54, 1.807) is 51.2 Å². The molecule has 0 unspecified atom stereocenters. The fourth-order valence-corrected chi connectivity index (χ4v) is 6.24. The van der Waals surface area contributed by atoms with Crippen LogP contribution >= 0.6 is 23.2 Å². The number of nitrogens with one attached hydrogen (secondary N) is 3. The van der Waals surface area contributed by atoms with Crippen molar-refractivity contribution in [1.82, 2.24) is 29.5 Å². The van der Waals surface area contributed by atoms with E-state index in [4.69, 9.17) is 42.1 Å². The standard InChI is InChI=1S/C22H23ClN4O3.C21H20ClN5O2/c1-29-18-9-8-16(19(11-18)30-2)13-25-22-26-20(23)12-21(27-22)24-14-17(28)10-15-6-4-3-5-7-15;1-28-16-9-8-15(17(11-16)29-2)13-23-21-24-18(22)12-20-25-19(26-27(20)21)10-14-6-4-3-5-7-14/h3-9,11-12H,10,13-14H2,1-2H3,(H2,24,25,26,27);3-9,11-12H,10,13H2,1-2H3,(H,23,24). The van der Waals surface area contributed by atoms with Gasteiger partial charge in [0.1, 0.15) is 39.1 Å². The van der Waals surface area contributed by atoms with E-state index in [0.29, 0.717) is 71.8 Å². The van der Waals surface area contributed by atoms with Crippen molar-refractivity contribution in [3.63, 3.8) is 0 Å². The number of carbonyl (C=O) groups is 1. The van der Waals surface area contributed by atoms with Crippen molar-refractivity contribution >= 4 is 52.3 Å². The molecule has 0 radical (unpaired) electrons. The highest BCUT2D eigenvalue weighted by atomic mass is 35.5. The minimum atomic E-state index is 0.0495. The predicted octanol–water partition coefficient (Wildman–Crippen LogP) is 7.98. The summed E-state index contributed by atoms with van der Waals surface area (Å²) in [5, 5.41) is 14.6. The van der Waals surface area contributed by atoms with Gasteiger partial charge >= 0.3 is 0 Å². The van der Waals surface area contributed by atoms with Crippen molar-refractivity contribution in [2.75, 3.05) is 50.9 Å². The van der Waals surface area contributed by atoms with Gasteiger partial charge in [-0.3, -0.25) is 4.79 Å². The molecule has 3 heterocycles. The summed E-state index contributed by atoms with van der Waals surface area (Å²) in [6.07, 6.45) is 0.987. The van der Waals surface area contributed by atoms with Crippen LogP contribution in [0, 0.1) is 0 Å². The van der Waals surface area contributed by atoms with Gasteiger partial charge in [-0.05, 0) is 35.4 Å². The number of Topliss-reactive ketones (excluding diaryl/α,β-unsaturated/α-hetero) is 1. The molecule has 4 aromatic carbocycles. The molecule has 0 aliphatic carbocycles. The first-order chi connectivity index (χ1) is 28.7. The van der Waals surface area contributed by atoms with Crippen LogP contribution < -0.4 is 34.9 Å². The Hall–Kier alpha value is -6.64. The minimum Gasteiger partial charge on any atom is -0.497 e. The van der Waals surface area contributed by atoms with Crippen LogP contribution in [0.1, 0.15) is 28.1 Å². The second-order valence-corrected chi connectivity index (χ2v) is 13.7. The smallest absolute Gasteiger partial charge is 0.227 e. The number of fused-ring (bicyclic) bond motifs is 1. The SMILES string of the molecule is COc1ccc(CNc2nc(Cl)cc(NCC(=O)Cc3ccccc3)n2)c(OC)c1.COc1ccc(CNc2nc(Cl)cc3nc(Cc4ccccc4)nn23)c(OC)c1. The van der Waals surface area contributed by atoms with Gasteiger partial charge in [-0.2, -0.15) is 9.50 Å². The molecule has 0 aliphatic heterocycles. The number of rotatable bonds is 17. The molecule has 7 rings (SSSR count). The molecule has 3 aromatic heterocycles. The third kappa shape index (κ3) is 11.9. The summed E-state index contributed by atoms with van der Waals surface area (Å²) in [6, 6.07) is 34.2. The number of carbonyl (C=O) groups excluding carboxylic acids is 1. The Labute approximate surface area is 351 Å². The molecule has 0 atom stereocenters. The van der Waals surface area contributed by atoms with E-state index >= 15 is 0 Å². The van der Waals surface area contributed by atoms with Crippen LogP contribution in [0.4, 0.5) is 17.7 Å². The summed E-state index contributed by atoms with van der Waals surface area (Å²) in [5.41, 5.74) is 4.61. The number of hydrogen-bond acceptors (Lipinski definition) is 13. The summed E-state index contributed by atoms with van der Waals surface area (Å²) >= 11 is 12.3. The van der Waals surface area contributed by atoms with Crippen LogP contribution in [0.25, 0.3) is 5.65 Å². The molecule has 14 nitrogen and oxygen atoms in total. The normalized spacial score (nSPS) is 10.6. The van der Waals surface area contributed by atoms with Gasteiger partial charge in [0.15, 0.2) is 17.3 Å². The van der Waals surface area contributed by atoms with Crippen molar-refractivity contribution in [2.24, 2.45) is 0 Å². The summed E-state index contributed by atoms with van der Waals surface area (Å²) in [4.78, 5) is 29.7. The van der Waals surface area contributed by atoms with Crippen molar-refractivity contribution in [3.8, 4) is 23.0 Å². The van der Waals surface area contributed by atoms with E-state index in [1.807, 2.05) is 91.0 Å². The number of ketones is 1. The van der Waals surface area contributed by atoms with E-state index in [9.17, 15) is 4.79 Å². The number of ether oxygens (including phenoxy) is 4. The fourth-order valence-electron chi connectivity index (χ4n) is 5.88. The molecule has 7 aromatic rings. The molecule has 0 aliphatic rings. The summed E-state index contributed by atoms with van der Waals surface area (Å²) < 4.78 is 23.0. The Morgan fingerprint density at radius 3 is 1.83 bits per heavy atom. The Kier molecular flexibility index (Phi) is 14.7. The van der Waals surface area contributed by atoms with Gasteiger partial charge in [0.2, 0.25) is 11.9 Å². The van der Waals surface area contributed by atoms with E-state index in [2.05, 4.69) is 41.0 Å². The zero-order valence-electron chi connectivity index (χ0n) is 32.9. The van der Waals surface area contributed by atoms with Crippen LogP contribution in [-0.4, -0.2) is 70.3 Å². The third-order valence-corrected chi connectivity index (χ3v) is 9.20. The number of hydrogen-bond donors (Lipinski definition) is 3. The molecule has 0 saturated carbocycles. The molecule has 16 heteroatoms.